The van der Waals surface area contributed by atoms with Crippen molar-refractivity contribution in [3.63, 3.8) is 0 Å². The molecule has 0 unspecified atom stereocenters. The van der Waals surface area contributed by atoms with Gasteiger partial charge in [0.15, 0.2) is 0 Å². The normalized spacial score (nSPS) is 21.5. The minimum absolute atomic E-state index is 0.134. The molecule has 1 aliphatic carbocycles. The molecule has 35 heavy (non-hydrogen) atoms. The summed E-state index contributed by atoms with van der Waals surface area (Å²) in [5.74, 6) is -0.311. The fourth-order valence-electron chi connectivity index (χ4n) is 5.64. The Morgan fingerprint density at radius 3 is 2.60 bits per heavy atom. The van der Waals surface area contributed by atoms with Crippen molar-refractivity contribution in [2.45, 2.75) is 63.7 Å². The summed E-state index contributed by atoms with van der Waals surface area (Å²) in [6, 6.07) is 14.2. The molecule has 3 amide bonds. The number of carbonyl (C=O) groups excluding carboxylic acids is 3. The third kappa shape index (κ3) is 3.70. The molecule has 3 aromatic rings. The summed E-state index contributed by atoms with van der Waals surface area (Å²) in [4.78, 5) is 45.6. The van der Waals surface area contributed by atoms with Gasteiger partial charge in [-0.3, -0.25) is 14.4 Å². The van der Waals surface area contributed by atoms with Gasteiger partial charge in [0.1, 0.15) is 12.1 Å². The maximum atomic E-state index is 13.8. The molecule has 0 saturated heterocycles. The van der Waals surface area contributed by atoms with Crippen LogP contribution < -0.4 is 10.6 Å². The van der Waals surface area contributed by atoms with E-state index in [0.29, 0.717) is 18.4 Å². The molecule has 3 aliphatic rings. The first-order valence-corrected chi connectivity index (χ1v) is 12.5. The zero-order valence-electron chi connectivity index (χ0n) is 20.0. The minimum Gasteiger partial charge on any atom is -0.356 e. The van der Waals surface area contributed by atoms with Crippen LogP contribution in [0.25, 0.3) is 10.9 Å². The van der Waals surface area contributed by atoms with Gasteiger partial charge in [-0.25, -0.2) is 0 Å². The molecule has 1 saturated carbocycles. The van der Waals surface area contributed by atoms with Crippen LogP contribution in [0.5, 0.6) is 0 Å². The molecule has 2 aromatic carbocycles. The standard InChI is InChI=1S/C28H30N4O3/c1-15(2)13-22(26(33)29-16-11-12-16)31-27(34)23-14-20-17-7-5-6-10-21(17)30-24(20)25-18-8-3-4-9-19(18)28(35)32(23)25/h3-10,15-16,22-23,25,30H,11-14H2,1-2H3,(H,29,33)(H,31,34)/t22-,23+,25+/m0/s1. The highest BCUT2D eigenvalue weighted by Crippen LogP contribution is 2.46. The van der Waals surface area contributed by atoms with Gasteiger partial charge in [-0.15, -0.1) is 0 Å². The van der Waals surface area contributed by atoms with E-state index in [2.05, 4.69) is 21.7 Å². The Bertz CT molecular complexity index is 1340. The molecule has 3 N–H and O–H groups in total. The summed E-state index contributed by atoms with van der Waals surface area (Å²) in [6.07, 6.45) is 2.93. The predicted molar refractivity (Wildman–Crippen MR) is 133 cm³/mol. The van der Waals surface area contributed by atoms with E-state index in [1.807, 2.05) is 56.3 Å². The zero-order valence-corrected chi connectivity index (χ0v) is 20.0. The lowest BCUT2D eigenvalue weighted by atomic mass is 9.89. The fraction of sp³-hybridized carbons (Fsp3) is 0.393. The van der Waals surface area contributed by atoms with E-state index in [0.717, 1.165) is 40.6 Å². The first kappa shape index (κ1) is 21.9. The predicted octanol–water partition coefficient (Wildman–Crippen LogP) is 3.45. The lowest BCUT2D eigenvalue weighted by molar-refractivity contribution is -0.132. The monoisotopic (exact) mass is 470 g/mol. The van der Waals surface area contributed by atoms with Gasteiger partial charge in [0.2, 0.25) is 11.8 Å². The molecule has 3 atom stereocenters. The smallest absolute Gasteiger partial charge is 0.255 e. The average Bonchev–Trinajstić information content (AvgIpc) is 3.51. The average molecular weight is 471 g/mol. The van der Waals surface area contributed by atoms with E-state index in [-0.39, 0.29) is 35.7 Å². The Balaban J connectivity index is 1.38. The van der Waals surface area contributed by atoms with E-state index < -0.39 is 12.1 Å². The van der Waals surface area contributed by atoms with Gasteiger partial charge in [0.05, 0.1) is 6.04 Å². The van der Waals surface area contributed by atoms with Crippen LogP contribution in [0.15, 0.2) is 48.5 Å². The van der Waals surface area contributed by atoms with Crippen LogP contribution >= 0.6 is 0 Å². The lowest BCUT2D eigenvalue weighted by Gasteiger charge is -2.37. The molecule has 1 fully saturated rings. The number of H-pyrrole nitrogens is 1. The number of para-hydroxylation sites is 1. The second kappa shape index (κ2) is 8.26. The number of aromatic nitrogens is 1. The van der Waals surface area contributed by atoms with Crippen LogP contribution in [0.4, 0.5) is 0 Å². The van der Waals surface area contributed by atoms with Crippen molar-refractivity contribution in [1.82, 2.24) is 20.5 Å². The zero-order chi connectivity index (χ0) is 24.3. The molecular formula is C28H30N4O3. The Labute approximate surface area is 204 Å². The van der Waals surface area contributed by atoms with Gasteiger partial charge in [0.25, 0.3) is 5.91 Å². The highest BCUT2D eigenvalue weighted by Gasteiger charge is 2.49. The van der Waals surface area contributed by atoms with Crippen molar-refractivity contribution < 1.29 is 14.4 Å². The van der Waals surface area contributed by atoms with Gasteiger partial charge in [-0.05, 0) is 48.4 Å². The van der Waals surface area contributed by atoms with Crippen molar-refractivity contribution >= 4 is 28.6 Å². The van der Waals surface area contributed by atoms with E-state index in [9.17, 15) is 14.4 Å². The summed E-state index contributed by atoms with van der Waals surface area (Å²) >= 11 is 0. The van der Waals surface area contributed by atoms with E-state index in [1.165, 1.54) is 0 Å². The molecule has 1 aromatic heterocycles. The molecule has 6 rings (SSSR count). The third-order valence-electron chi connectivity index (χ3n) is 7.42. The van der Waals surface area contributed by atoms with E-state index in [1.54, 1.807) is 4.90 Å². The van der Waals surface area contributed by atoms with Crippen molar-refractivity contribution in [2.24, 2.45) is 5.92 Å². The summed E-state index contributed by atoms with van der Waals surface area (Å²) in [7, 11) is 0. The highest BCUT2D eigenvalue weighted by molar-refractivity contribution is 6.04. The summed E-state index contributed by atoms with van der Waals surface area (Å²) < 4.78 is 0. The quantitative estimate of drug-likeness (QED) is 0.515. The van der Waals surface area contributed by atoms with Crippen LogP contribution in [0.3, 0.4) is 0 Å². The van der Waals surface area contributed by atoms with Crippen LogP contribution in [0.1, 0.15) is 66.3 Å². The topological polar surface area (TPSA) is 94.3 Å². The second-order valence-electron chi connectivity index (χ2n) is 10.5. The largest absolute Gasteiger partial charge is 0.356 e. The van der Waals surface area contributed by atoms with Gasteiger partial charge in [-0.2, -0.15) is 0 Å². The Morgan fingerprint density at radius 2 is 1.83 bits per heavy atom. The number of fused-ring (bicyclic) bond motifs is 7. The number of nitrogens with one attached hydrogen (secondary N) is 3. The van der Waals surface area contributed by atoms with Crippen LogP contribution in [0, 0.1) is 5.92 Å². The number of carbonyl (C=O) groups is 3. The number of nitrogens with zero attached hydrogens (tertiary/aromatic N) is 1. The number of aromatic amines is 1. The van der Waals surface area contributed by atoms with Gasteiger partial charge < -0.3 is 20.5 Å². The van der Waals surface area contributed by atoms with Crippen molar-refractivity contribution in [3.8, 4) is 0 Å². The van der Waals surface area contributed by atoms with Gasteiger partial charge in [-0.1, -0.05) is 50.2 Å². The molecule has 180 valence electrons. The first-order valence-electron chi connectivity index (χ1n) is 12.5. The molecule has 0 bridgehead atoms. The second-order valence-corrected chi connectivity index (χ2v) is 10.5. The van der Waals surface area contributed by atoms with Crippen LogP contribution in [-0.4, -0.2) is 45.7 Å². The van der Waals surface area contributed by atoms with Crippen LogP contribution in [-0.2, 0) is 16.0 Å². The van der Waals surface area contributed by atoms with Crippen molar-refractivity contribution in [1.29, 1.82) is 0 Å². The number of amides is 3. The minimum atomic E-state index is -0.699. The molecule has 7 nitrogen and oxygen atoms in total. The fourth-order valence-corrected chi connectivity index (χ4v) is 5.64. The summed E-state index contributed by atoms with van der Waals surface area (Å²) in [5.41, 5.74) is 4.57. The first-order chi connectivity index (χ1) is 16.9. The lowest BCUT2D eigenvalue weighted by Crippen LogP contribution is -2.57. The molecule has 3 heterocycles. The van der Waals surface area contributed by atoms with Gasteiger partial charge in [0, 0.05) is 34.6 Å². The Kier molecular flexibility index (Phi) is 5.16. The SMILES string of the molecule is CC(C)C[C@H](NC(=O)[C@H]1Cc2c([nH]c3ccccc23)[C@H]2c3ccccc3C(=O)N21)C(=O)NC1CC1. The van der Waals surface area contributed by atoms with Crippen molar-refractivity contribution in [3.05, 3.63) is 70.9 Å². The molecule has 2 aliphatic heterocycles. The number of benzene rings is 2. The molecule has 7 heteroatoms. The van der Waals surface area contributed by atoms with E-state index >= 15 is 0 Å². The number of rotatable bonds is 6. The Morgan fingerprint density at radius 1 is 1.09 bits per heavy atom. The van der Waals surface area contributed by atoms with Gasteiger partial charge >= 0.3 is 0 Å². The summed E-state index contributed by atoms with van der Waals surface area (Å²) in [6.45, 7) is 4.08. The van der Waals surface area contributed by atoms with Crippen molar-refractivity contribution in [2.75, 3.05) is 0 Å². The van der Waals surface area contributed by atoms with Crippen LogP contribution in [0.2, 0.25) is 0 Å². The summed E-state index contributed by atoms with van der Waals surface area (Å²) in [5, 5.41) is 7.13. The molecule has 0 radical (unpaired) electrons. The highest BCUT2D eigenvalue weighted by atomic mass is 16.2. The Hall–Kier alpha value is -3.61. The maximum Gasteiger partial charge on any atom is 0.255 e. The van der Waals surface area contributed by atoms with E-state index in [4.69, 9.17) is 0 Å². The molecular weight excluding hydrogens is 440 g/mol. The number of hydrogen-bond donors (Lipinski definition) is 3. The third-order valence-corrected chi connectivity index (χ3v) is 7.42. The number of hydrogen-bond acceptors (Lipinski definition) is 3. The molecule has 0 spiro atoms. The maximum absolute atomic E-state index is 13.8.